The van der Waals surface area contributed by atoms with E-state index in [4.69, 9.17) is 12.2 Å². The van der Waals surface area contributed by atoms with Crippen LogP contribution in [-0.2, 0) is 5.54 Å². The lowest BCUT2D eigenvalue weighted by Crippen LogP contribution is -2.25. The van der Waals surface area contributed by atoms with Crippen molar-refractivity contribution in [3.05, 3.63) is 27.4 Å². The van der Waals surface area contributed by atoms with E-state index in [1.165, 1.54) is 6.07 Å². The molecule has 3 nitrogen and oxygen atoms in total. The van der Waals surface area contributed by atoms with Crippen LogP contribution >= 0.6 is 12.2 Å². The molecule has 0 saturated carbocycles. The summed E-state index contributed by atoms with van der Waals surface area (Å²) in [6, 6.07) is 1.47. The molecular weight excluding hydrogens is 172 g/mol. The molecule has 66 valence electrons. The van der Waals surface area contributed by atoms with E-state index < -0.39 is 0 Å². The zero-order valence-electron chi connectivity index (χ0n) is 7.42. The van der Waals surface area contributed by atoms with Gasteiger partial charge in [0, 0.05) is 17.8 Å². The van der Waals surface area contributed by atoms with Gasteiger partial charge in [-0.15, -0.1) is 0 Å². The number of rotatable bonds is 0. The first-order chi connectivity index (χ1) is 5.41. The van der Waals surface area contributed by atoms with Crippen molar-refractivity contribution in [2.45, 2.75) is 26.3 Å². The molecule has 0 aliphatic rings. The predicted octanol–water partition coefficient (Wildman–Crippen LogP) is 1.66. The highest BCUT2D eigenvalue weighted by molar-refractivity contribution is 7.71. The zero-order chi connectivity index (χ0) is 9.35. The number of aromatic nitrogens is 2. The average molecular weight is 184 g/mol. The molecule has 0 bridgehead atoms. The molecule has 0 fully saturated rings. The summed E-state index contributed by atoms with van der Waals surface area (Å²) in [4.78, 5) is 13.4. The number of aromatic amines is 1. The molecule has 4 heteroatoms. The van der Waals surface area contributed by atoms with Crippen LogP contribution in [0, 0.1) is 4.77 Å². The number of nitrogens with zero attached hydrogens (tertiary/aromatic N) is 1. The predicted molar refractivity (Wildman–Crippen MR) is 50.9 cm³/mol. The Labute approximate surface area is 76.1 Å². The molecule has 0 amide bonds. The van der Waals surface area contributed by atoms with Gasteiger partial charge < -0.3 is 4.57 Å². The van der Waals surface area contributed by atoms with Crippen molar-refractivity contribution in [3.8, 4) is 0 Å². The smallest absolute Gasteiger partial charge is 0.251 e. The summed E-state index contributed by atoms with van der Waals surface area (Å²) < 4.78 is 2.32. The summed E-state index contributed by atoms with van der Waals surface area (Å²) in [5.41, 5.74) is -0.234. The maximum atomic E-state index is 10.8. The van der Waals surface area contributed by atoms with E-state index in [1.807, 2.05) is 25.3 Å². The van der Waals surface area contributed by atoms with Crippen molar-refractivity contribution in [2.75, 3.05) is 0 Å². The summed E-state index contributed by atoms with van der Waals surface area (Å²) in [5.74, 6) is 0. The first-order valence-electron chi connectivity index (χ1n) is 3.74. The fraction of sp³-hybridized carbons (Fsp3) is 0.500. The van der Waals surface area contributed by atoms with Gasteiger partial charge in [-0.25, -0.2) is 0 Å². The molecule has 1 aromatic heterocycles. The van der Waals surface area contributed by atoms with Gasteiger partial charge in [-0.05, 0) is 33.0 Å². The lowest BCUT2D eigenvalue weighted by atomic mass is 10.1. The van der Waals surface area contributed by atoms with Gasteiger partial charge in [0.1, 0.15) is 0 Å². The monoisotopic (exact) mass is 184 g/mol. The van der Waals surface area contributed by atoms with Crippen molar-refractivity contribution >= 4 is 12.2 Å². The average Bonchev–Trinajstić information content (AvgIpc) is 1.83. The van der Waals surface area contributed by atoms with Gasteiger partial charge in [0.2, 0.25) is 0 Å². The summed E-state index contributed by atoms with van der Waals surface area (Å²) in [6.45, 7) is 6.09. The second kappa shape index (κ2) is 2.86. The Balaban J connectivity index is 3.39. The minimum absolute atomic E-state index is 0.0821. The van der Waals surface area contributed by atoms with Crippen LogP contribution in [0.15, 0.2) is 17.1 Å². The lowest BCUT2D eigenvalue weighted by Gasteiger charge is -2.22. The topological polar surface area (TPSA) is 37.8 Å². The van der Waals surface area contributed by atoms with Gasteiger partial charge in [0.05, 0.1) is 0 Å². The van der Waals surface area contributed by atoms with Crippen molar-refractivity contribution in [1.29, 1.82) is 0 Å². The molecule has 0 radical (unpaired) electrons. The second-order valence-corrected chi connectivity index (χ2v) is 4.04. The van der Waals surface area contributed by atoms with E-state index in [9.17, 15) is 4.79 Å². The van der Waals surface area contributed by atoms with E-state index in [1.54, 1.807) is 6.20 Å². The molecule has 0 unspecified atom stereocenters. The van der Waals surface area contributed by atoms with E-state index in [0.717, 1.165) is 0 Å². The largest absolute Gasteiger partial charge is 0.320 e. The second-order valence-electron chi connectivity index (χ2n) is 3.65. The summed E-state index contributed by atoms with van der Waals surface area (Å²) in [7, 11) is 0. The van der Waals surface area contributed by atoms with Crippen LogP contribution in [0.5, 0.6) is 0 Å². The summed E-state index contributed by atoms with van der Waals surface area (Å²) in [6.07, 6.45) is 1.71. The van der Waals surface area contributed by atoms with Crippen molar-refractivity contribution in [1.82, 2.24) is 9.55 Å². The van der Waals surface area contributed by atoms with E-state index >= 15 is 0 Å². The number of H-pyrrole nitrogens is 1. The summed E-state index contributed by atoms with van der Waals surface area (Å²) in [5, 5.41) is 0. The fourth-order valence-electron chi connectivity index (χ4n) is 0.945. The zero-order valence-corrected chi connectivity index (χ0v) is 8.23. The standard InChI is InChI=1S/C8H12N2OS/c1-8(2,3)10-5-4-6(11)9-7(10)12/h4-5H,1-3H3,(H,9,11,12). The molecular formula is C8H12N2OS. The van der Waals surface area contributed by atoms with Crippen LogP contribution in [-0.4, -0.2) is 9.55 Å². The SMILES string of the molecule is CC(C)(C)n1ccc(=O)[nH]c1=S. The van der Waals surface area contributed by atoms with Gasteiger partial charge in [-0.1, -0.05) is 0 Å². The Hall–Kier alpha value is -0.900. The summed E-state index contributed by atoms with van der Waals surface area (Å²) >= 11 is 5.00. The van der Waals surface area contributed by atoms with E-state index in [-0.39, 0.29) is 11.1 Å². The normalized spacial score (nSPS) is 11.6. The Morgan fingerprint density at radius 3 is 2.50 bits per heavy atom. The number of hydrogen-bond donors (Lipinski definition) is 1. The van der Waals surface area contributed by atoms with Crippen LogP contribution < -0.4 is 5.56 Å². The van der Waals surface area contributed by atoms with Crippen molar-refractivity contribution in [2.24, 2.45) is 0 Å². The van der Waals surface area contributed by atoms with Gasteiger partial charge >= 0.3 is 0 Å². The molecule has 1 aromatic rings. The molecule has 0 saturated heterocycles. The van der Waals surface area contributed by atoms with Crippen molar-refractivity contribution in [3.63, 3.8) is 0 Å². The minimum atomic E-state index is -0.152. The molecule has 0 aromatic carbocycles. The van der Waals surface area contributed by atoms with E-state index in [0.29, 0.717) is 4.77 Å². The number of nitrogens with one attached hydrogen (secondary N) is 1. The van der Waals surface area contributed by atoms with Gasteiger partial charge in [0.15, 0.2) is 4.77 Å². The Kier molecular flexibility index (Phi) is 2.19. The Morgan fingerprint density at radius 1 is 1.50 bits per heavy atom. The maximum absolute atomic E-state index is 10.8. The quantitative estimate of drug-likeness (QED) is 0.623. The first kappa shape index (κ1) is 9.19. The third-order valence-electron chi connectivity index (χ3n) is 1.55. The van der Waals surface area contributed by atoms with Crippen LogP contribution in [0.25, 0.3) is 0 Å². The van der Waals surface area contributed by atoms with Crippen LogP contribution in [0.4, 0.5) is 0 Å². The van der Waals surface area contributed by atoms with Gasteiger partial charge in [0.25, 0.3) is 5.56 Å². The molecule has 0 aliphatic carbocycles. The van der Waals surface area contributed by atoms with E-state index in [2.05, 4.69) is 4.98 Å². The third kappa shape index (κ3) is 1.82. The molecule has 12 heavy (non-hydrogen) atoms. The molecule has 0 aliphatic heterocycles. The van der Waals surface area contributed by atoms with Gasteiger partial charge in [-0.3, -0.25) is 9.78 Å². The fourth-order valence-corrected chi connectivity index (χ4v) is 1.38. The molecule has 0 atom stereocenters. The molecule has 1 heterocycles. The highest BCUT2D eigenvalue weighted by Gasteiger charge is 2.11. The maximum Gasteiger partial charge on any atom is 0.251 e. The highest BCUT2D eigenvalue weighted by Crippen LogP contribution is 2.11. The minimum Gasteiger partial charge on any atom is -0.320 e. The number of hydrogen-bond acceptors (Lipinski definition) is 2. The van der Waals surface area contributed by atoms with Crippen LogP contribution in [0.3, 0.4) is 0 Å². The van der Waals surface area contributed by atoms with Crippen LogP contribution in [0.2, 0.25) is 0 Å². The van der Waals surface area contributed by atoms with Crippen molar-refractivity contribution < 1.29 is 0 Å². The lowest BCUT2D eigenvalue weighted by molar-refractivity contribution is 0.384. The molecule has 0 spiro atoms. The Morgan fingerprint density at radius 2 is 2.08 bits per heavy atom. The highest BCUT2D eigenvalue weighted by atomic mass is 32.1. The third-order valence-corrected chi connectivity index (χ3v) is 1.85. The first-order valence-corrected chi connectivity index (χ1v) is 4.14. The molecule has 1 rings (SSSR count). The molecule has 1 N–H and O–H groups in total. The van der Waals surface area contributed by atoms with Gasteiger partial charge in [-0.2, -0.15) is 0 Å². The Bertz CT molecular complexity index is 383. The van der Waals surface area contributed by atoms with Crippen LogP contribution in [0.1, 0.15) is 20.8 Å².